The number of unbranched alkanes of at least 4 members (excludes halogenated alkanes) is 2. The van der Waals surface area contributed by atoms with Crippen LogP contribution in [-0.4, -0.2) is 12.4 Å². The summed E-state index contributed by atoms with van der Waals surface area (Å²) in [5.74, 6) is 1.25. The molecule has 86 valence electrons. The molecule has 14 heavy (non-hydrogen) atoms. The van der Waals surface area contributed by atoms with Gasteiger partial charge in [-0.25, -0.2) is 0 Å². The smallest absolute Gasteiger partial charge is 0.0536 e. The largest absolute Gasteiger partial charge is 0.793 e. The summed E-state index contributed by atoms with van der Waals surface area (Å²) in [5, 5.41) is 0. The highest BCUT2D eigenvalue weighted by Gasteiger charge is 2.04. The first kappa shape index (κ1) is 14.9. The van der Waals surface area contributed by atoms with Crippen molar-refractivity contribution >= 4 is 28.9 Å². The molecule has 0 aliphatic heterocycles. The first-order valence-electron chi connectivity index (χ1n) is 5.08. The van der Waals surface area contributed by atoms with Gasteiger partial charge in [-0.1, -0.05) is 45.4 Å². The number of hydrogen-bond acceptors (Lipinski definition) is 4. The molecule has 1 unspecified atom stereocenters. The van der Waals surface area contributed by atoms with E-state index in [1.54, 1.807) is 0 Å². The molecule has 0 aromatic carbocycles. The molecule has 0 saturated carbocycles. The standard InChI is InChI=1S/C9H21O2PS2/c1-4-5-6-7-14-12(10,13)11-8-9(2)3/h9H,4-8H2,1-3H3,(H,10,13)/p-1. The lowest BCUT2D eigenvalue weighted by atomic mass is 10.2. The van der Waals surface area contributed by atoms with Crippen LogP contribution in [0.2, 0.25) is 0 Å². The molecule has 0 saturated heterocycles. The van der Waals surface area contributed by atoms with E-state index in [-0.39, 0.29) is 0 Å². The Morgan fingerprint density at radius 3 is 2.57 bits per heavy atom. The average molecular weight is 255 g/mol. The van der Waals surface area contributed by atoms with Crippen molar-refractivity contribution in [2.75, 3.05) is 12.4 Å². The van der Waals surface area contributed by atoms with Crippen LogP contribution in [0, 0.1) is 5.92 Å². The van der Waals surface area contributed by atoms with Crippen molar-refractivity contribution < 1.29 is 9.42 Å². The van der Waals surface area contributed by atoms with Crippen LogP contribution in [0.4, 0.5) is 0 Å². The lowest BCUT2D eigenvalue weighted by Gasteiger charge is -2.27. The maximum Gasteiger partial charge on any atom is 0.0536 e. The van der Waals surface area contributed by atoms with E-state index in [1.165, 1.54) is 24.2 Å². The Morgan fingerprint density at radius 2 is 2.07 bits per heavy atom. The zero-order valence-corrected chi connectivity index (χ0v) is 11.7. The molecule has 0 N–H and O–H groups in total. The van der Waals surface area contributed by atoms with Crippen molar-refractivity contribution in [2.45, 2.75) is 40.0 Å². The third-order valence-electron chi connectivity index (χ3n) is 1.56. The molecule has 2 nitrogen and oxygen atoms in total. The normalized spacial score (nSPS) is 15.8. The fourth-order valence-electron chi connectivity index (χ4n) is 0.806. The van der Waals surface area contributed by atoms with E-state index >= 15 is 0 Å². The highest BCUT2D eigenvalue weighted by Crippen LogP contribution is 2.52. The van der Waals surface area contributed by atoms with Gasteiger partial charge >= 0.3 is 0 Å². The van der Waals surface area contributed by atoms with Gasteiger partial charge in [-0.2, -0.15) is 0 Å². The minimum absolute atomic E-state index is 0.391. The third-order valence-corrected chi connectivity index (χ3v) is 5.89. The summed E-state index contributed by atoms with van der Waals surface area (Å²) in [6.45, 7) is 6.70. The Labute approximate surface area is 96.7 Å². The van der Waals surface area contributed by atoms with E-state index in [9.17, 15) is 4.89 Å². The lowest BCUT2D eigenvalue weighted by Crippen LogP contribution is -2.06. The van der Waals surface area contributed by atoms with E-state index < -0.39 is 5.69 Å². The fraction of sp³-hybridized carbons (Fsp3) is 1.00. The molecule has 0 bridgehead atoms. The highest BCUT2D eigenvalue weighted by atomic mass is 32.9. The summed E-state index contributed by atoms with van der Waals surface area (Å²) < 4.78 is 5.20. The second-order valence-corrected chi connectivity index (χ2v) is 9.85. The molecule has 0 aromatic heterocycles. The third kappa shape index (κ3) is 9.47. The average Bonchev–Trinajstić information content (AvgIpc) is 2.10. The van der Waals surface area contributed by atoms with E-state index in [0.29, 0.717) is 12.5 Å². The van der Waals surface area contributed by atoms with Gasteiger partial charge in [0.15, 0.2) is 0 Å². The van der Waals surface area contributed by atoms with Crippen molar-refractivity contribution in [1.82, 2.24) is 0 Å². The van der Waals surface area contributed by atoms with Crippen LogP contribution in [-0.2, 0) is 16.3 Å². The summed E-state index contributed by atoms with van der Waals surface area (Å²) in [6, 6.07) is 0. The second kappa shape index (κ2) is 8.12. The zero-order valence-electron chi connectivity index (χ0n) is 9.19. The van der Waals surface area contributed by atoms with Crippen LogP contribution in [0.3, 0.4) is 0 Å². The minimum Gasteiger partial charge on any atom is -0.793 e. The molecule has 5 heteroatoms. The number of hydrogen-bond donors (Lipinski definition) is 0. The monoisotopic (exact) mass is 255 g/mol. The van der Waals surface area contributed by atoms with Gasteiger partial charge in [-0.3, -0.25) is 0 Å². The van der Waals surface area contributed by atoms with Gasteiger partial charge in [0, 0.05) is 5.69 Å². The first-order chi connectivity index (χ1) is 6.48. The summed E-state index contributed by atoms with van der Waals surface area (Å²) in [5.41, 5.74) is -2.79. The van der Waals surface area contributed by atoms with Crippen molar-refractivity contribution in [2.24, 2.45) is 5.92 Å². The second-order valence-electron chi connectivity index (χ2n) is 3.68. The predicted molar refractivity (Wildman–Crippen MR) is 67.1 cm³/mol. The van der Waals surface area contributed by atoms with E-state index in [2.05, 4.69) is 6.92 Å². The molecule has 0 amide bonds. The maximum atomic E-state index is 11.6. The predicted octanol–water partition coefficient (Wildman–Crippen LogP) is 3.17. The van der Waals surface area contributed by atoms with E-state index in [0.717, 1.165) is 12.2 Å². The lowest BCUT2D eigenvalue weighted by molar-refractivity contribution is -0.175. The van der Waals surface area contributed by atoms with Crippen molar-refractivity contribution in [3.63, 3.8) is 0 Å². The number of rotatable bonds is 8. The van der Waals surface area contributed by atoms with Crippen LogP contribution < -0.4 is 4.89 Å². The minimum atomic E-state index is -2.79. The molecule has 1 atom stereocenters. The Morgan fingerprint density at radius 1 is 1.43 bits per heavy atom. The van der Waals surface area contributed by atoms with Crippen LogP contribution in [0.15, 0.2) is 0 Å². The Hall–Kier alpha value is 0.920. The van der Waals surface area contributed by atoms with Gasteiger partial charge in [0.25, 0.3) is 0 Å². The highest BCUT2D eigenvalue weighted by molar-refractivity contribution is 8.67. The maximum absolute atomic E-state index is 11.6. The molecule has 0 fully saturated rings. The molecular weight excluding hydrogens is 235 g/mol. The summed E-state index contributed by atoms with van der Waals surface area (Å²) >= 11 is 6.22. The Bertz CT molecular complexity index is 186. The molecule has 0 rings (SSSR count). The summed E-state index contributed by atoms with van der Waals surface area (Å²) in [6.07, 6.45) is 3.43. The molecule has 0 spiro atoms. The van der Waals surface area contributed by atoms with E-state index in [1.807, 2.05) is 13.8 Å². The molecule has 0 aromatic rings. The summed E-state index contributed by atoms with van der Waals surface area (Å²) in [4.78, 5) is 11.6. The van der Waals surface area contributed by atoms with Crippen LogP contribution in [0.1, 0.15) is 40.0 Å². The van der Waals surface area contributed by atoms with Gasteiger partial charge in [-0.05, 0) is 18.1 Å². The summed E-state index contributed by atoms with van der Waals surface area (Å²) in [7, 11) is 0. The molecule has 0 aliphatic rings. The molecule has 0 aliphatic carbocycles. The van der Waals surface area contributed by atoms with Gasteiger partial charge < -0.3 is 9.42 Å². The molecule has 0 heterocycles. The van der Waals surface area contributed by atoms with Crippen LogP contribution in [0.25, 0.3) is 0 Å². The Balaban J connectivity index is 3.56. The van der Waals surface area contributed by atoms with Gasteiger partial charge in [-0.15, -0.1) is 11.4 Å². The molecule has 0 radical (unpaired) electrons. The quantitative estimate of drug-likeness (QED) is 0.492. The van der Waals surface area contributed by atoms with Crippen molar-refractivity contribution in [1.29, 1.82) is 0 Å². The van der Waals surface area contributed by atoms with E-state index in [4.69, 9.17) is 16.3 Å². The first-order valence-corrected chi connectivity index (χ1v) is 9.31. The van der Waals surface area contributed by atoms with Crippen LogP contribution in [0.5, 0.6) is 0 Å². The SMILES string of the molecule is CCCCCSP([O-])(=S)OCC(C)C. The van der Waals surface area contributed by atoms with Gasteiger partial charge in [0.05, 0.1) is 6.61 Å². The fourth-order valence-corrected chi connectivity index (χ4v) is 4.24. The van der Waals surface area contributed by atoms with Crippen molar-refractivity contribution in [3.8, 4) is 0 Å². The van der Waals surface area contributed by atoms with Gasteiger partial charge in [0.2, 0.25) is 0 Å². The van der Waals surface area contributed by atoms with Gasteiger partial charge in [0.1, 0.15) is 0 Å². The zero-order chi connectivity index (χ0) is 11.0. The van der Waals surface area contributed by atoms with Crippen LogP contribution >= 0.6 is 17.1 Å². The molecular formula is C9H20O2PS2-. The topological polar surface area (TPSA) is 32.3 Å². The van der Waals surface area contributed by atoms with Crippen molar-refractivity contribution in [3.05, 3.63) is 0 Å². The Kier molecular flexibility index (Phi) is 8.65.